The molecule has 1 aliphatic rings. The van der Waals surface area contributed by atoms with Crippen LogP contribution in [0.1, 0.15) is 26.8 Å². The molecule has 5 rings (SSSR count). The number of hydrogen-bond acceptors (Lipinski definition) is 7. The van der Waals surface area contributed by atoms with Crippen LogP contribution in [0.2, 0.25) is 5.02 Å². The minimum Gasteiger partial charge on any atom is -0.462 e. The van der Waals surface area contributed by atoms with Crippen LogP contribution >= 0.6 is 22.9 Å². The zero-order chi connectivity index (χ0) is 24.5. The fourth-order valence-electron chi connectivity index (χ4n) is 3.88. The molecular weight excluding hydrogens is 492 g/mol. The van der Waals surface area contributed by atoms with Gasteiger partial charge in [-0.05, 0) is 17.7 Å². The van der Waals surface area contributed by atoms with E-state index in [0.717, 1.165) is 21.5 Å². The average Bonchev–Trinajstić information content (AvgIpc) is 3.56. The molecule has 1 atom stereocenters. The third-order valence-electron chi connectivity index (χ3n) is 5.59. The van der Waals surface area contributed by atoms with Crippen molar-refractivity contribution in [1.82, 2.24) is 9.13 Å². The summed E-state index contributed by atoms with van der Waals surface area (Å²) in [6.45, 7) is 0.0562. The number of carbonyl (C=O) groups is 1. The topological polar surface area (TPSA) is 88.8 Å². The maximum atomic E-state index is 13.6. The van der Waals surface area contributed by atoms with Gasteiger partial charge in [0, 0.05) is 17.6 Å². The van der Waals surface area contributed by atoms with Crippen molar-refractivity contribution >= 4 is 39.1 Å². The van der Waals surface area contributed by atoms with Crippen molar-refractivity contribution in [2.45, 2.75) is 12.6 Å². The van der Waals surface area contributed by atoms with Gasteiger partial charge >= 0.3 is 11.7 Å². The molecule has 178 valence electrons. The van der Waals surface area contributed by atoms with Crippen LogP contribution in [0.25, 0.3) is 10.2 Å². The number of benzene rings is 2. The fourth-order valence-corrected chi connectivity index (χ4v) is 5.12. The van der Waals surface area contributed by atoms with Crippen LogP contribution in [0, 0.1) is 0 Å². The van der Waals surface area contributed by atoms with Gasteiger partial charge in [0.2, 0.25) is 6.79 Å². The van der Waals surface area contributed by atoms with Crippen molar-refractivity contribution in [2.75, 3.05) is 6.79 Å². The first-order valence-electron chi connectivity index (χ1n) is 10.6. The molecule has 35 heavy (non-hydrogen) atoms. The van der Waals surface area contributed by atoms with Crippen molar-refractivity contribution in [2.24, 2.45) is 7.05 Å². The van der Waals surface area contributed by atoms with E-state index in [0.29, 0.717) is 15.4 Å². The Morgan fingerprint density at radius 1 is 1.14 bits per heavy atom. The molecule has 4 aromatic rings. The number of allylic oxidation sites excluding steroid dienone is 1. The fraction of sp³-hybridized carbons (Fsp3) is 0.160. The number of aryl methyl sites for hydroxylation is 1. The van der Waals surface area contributed by atoms with Gasteiger partial charge in [-0.25, -0.2) is 14.2 Å². The Labute approximate surface area is 208 Å². The van der Waals surface area contributed by atoms with E-state index >= 15 is 0 Å². The van der Waals surface area contributed by atoms with E-state index in [1.54, 1.807) is 31.3 Å². The number of thiophene rings is 1. The lowest BCUT2D eigenvalue weighted by atomic mass is 10.0. The van der Waals surface area contributed by atoms with Gasteiger partial charge in [0.1, 0.15) is 28.6 Å². The minimum absolute atomic E-state index is 0.0382. The Bertz CT molecular complexity index is 1570. The molecule has 1 unspecified atom stereocenters. The highest BCUT2D eigenvalue weighted by Gasteiger charge is 2.30. The van der Waals surface area contributed by atoms with E-state index < -0.39 is 23.3 Å². The molecule has 8 nitrogen and oxygen atoms in total. The molecule has 0 spiro atoms. The predicted molar refractivity (Wildman–Crippen MR) is 132 cm³/mol. The van der Waals surface area contributed by atoms with E-state index in [-0.39, 0.29) is 29.4 Å². The first kappa shape index (κ1) is 22.9. The van der Waals surface area contributed by atoms with Gasteiger partial charge in [0.15, 0.2) is 5.76 Å². The van der Waals surface area contributed by atoms with Crippen LogP contribution in [0.3, 0.4) is 0 Å². The van der Waals surface area contributed by atoms with E-state index in [4.69, 9.17) is 25.8 Å². The highest BCUT2D eigenvalue weighted by atomic mass is 35.5. The number of hydrogen-bond donors (Lipinski definition) is 0. The molecule has 10 heteroatoms. The number of nitrogens with zero attached hydrogens (tertiary/aromatic N) is 2. The van der Waals surface area contributed by atoms with Crippen LogP contribution in [-0.4, -0.2) is 21.9 Å². The van der Waals surface area contributed by atoms with Gasteiger partial charge in [0.05, 0.1) is 5.39 Å². The number of rotatable bonds is 6. The second kappa shape index (κ2) is 9.44. The van der Waals surface area contributed by atoms with E-state index in [1.807, 2.05) is 30.3 Å². The largest absolute Gasteiger partial charge is 0.462 e. The van der Waals surface area contributed by atoms with Crippen LogP contribution < -0.4 is 11.2 Å². The molecule has 0 N–H and O–H groups in total. The molecule has 1 aliphatic heterocycles. The maximum Gasteiger partial charge on any atom is 0.348 e. The summed E-state index contributed by atoms with van der Waals surface area (Å²) < 4.78 is 18.6. The summed E-state index contributed by atoms with van der Waals surface area (Å²) in [5.41, 5.74) is 0.172. The Kier molecular flexibility index (Phi) is 6.19. The van der Waals surface area contributed by atoms with Crippen molar-refractivity contribution in [3.8, 4) is 0 Å². The molecule has 0 saturated carbocycles. The Balaban J connectivity index is 1.60. The molecule has 0 bridgehead atoms. The highest BCUT2D eigenvalue weighted by Crippen LogP contribution is 2.33. The van der Waals surface area contributed by atoms with Crippen LogP contribution in [0.4, 0.5) is 0 Å². The summed E-state index contributed by atoms with van der Waals surface area (Å²) >= 11 is 7.46. The van der Waals surface area contributed by atoms with Crippen LogP contribution in [0.5, 0.6) is 0 Å². The number of aromatic nitrogens is 2. The molecule has 2 aromatic carbocycles. The second-order valence-corrected chi connectivity index (χ2v) is 9.22. The number of fused-ring (bicyclic) bond motifs is 1. The van der Waals surface area contributed by atoms with Crippen molar-refractivity contribution in [3.05, 3.63) is 115 Å². The van der Waals surface area contributed by atoms with E-state index in [2.05, 4.69) is 0 Å². The number of halogens is 1. The molecule has 0 fully saturated rings. The average molecular weight is 511 g/mol. The quantitative estimate of drug-likeness (QED) is 0.361. The summed E-state index contributed by atoms with van der Waals surface area (Å²) in [6, 6.07) is 16.7. The lowest BCUT2D eigenvalue weighted by Crippen LogP contribution is -2.42. The lowest BCUT2D eigenvalue weighted by Gasteiger charge is -2.21. The molecule has 0 aliphatic carbocycles. The summed E-state index contributed by atoms with van der Waals surface area (Å²) in [7, 11) is 1.54. The first-order valence-corrected chi connectivity index (χ1v) is 11.8. The Morgan fingerprint density at radius 3 is 2.60 bits per heavy atom. The molecule has 2 aromatic heterocycles. The number of esters is 1. The van der Waals surface area contributed by atoms with Gasteiger partial charge in [-0.15, -0.1) is 11.3 Å². The first-order chi connectivity index (χ1) is 17.0. The zero-order valence-corrected chi connectivity index (χ0v) is 20.0. The number of carbonyl (C=O) groups excluding carboxylic acids is 1. The Hall–Kier alpha value is -3.82. The van der Waals surface area contributed by atoms with Gasteiger partial charge in [-0.1, -0.05) is 60.1 Å². The second-order valence-electron chi connectivity index (χ2n) is 7.78. The summed E-state index contributed by atoms with van der Waals surface area (Å²) in [4.78, 5) is 40.4. The molecule has 0 amide bonds. The smallest absolute Gasteiger partial charge is 0.348 e. The lowest BCUT2D eigenvalue weighted by molar-refractivity contribution is 0.0478. The third-order valence-corrected chi connectivity index (χ3v) is 7.13. The van der Waals surface area contributed by atoms with Crippen LogP contribution in [-0.2, 0) is 27.9 Å². The minimum atomic E-state index is -0.949. The number of ether oxygens (including phenoxy) is 3. The van der Waals surface area contributed by atoms with E-state index in [9.17, 15) is 14.4 Å². The summed E-state index contributed by atoms with van der Waals surface area (Å²) in [5.74, 6) is -0.305. The maximum absolute atomic E-state index is 13.6. The standard InChI is InChI=1S/C25H19ClN2O6S/c1-27-23-17(11-20(35-23)24(30)33-12-15-7-3-2-4-8-15)22(29)28(25(27)31)21(19-13-32-14-34-19)16-9-5-6-10-18(16)26/h2-11,13,21H,12,14H2,1H3. The van der Waals surface area contributed by atoms with Crippen LogP contribution in [0.15, 0.2) is 82.3 Å². The van der Waals surface area contributed by atoms with Gasteiger partial charge in [-0.2, -0.15) is 0 Å². The summed E-state index contributed by atoms with van der Waals surface area (Å²) in [5, 5.41) is 0.568. The highest BCUT2D eigenvalue weighted by molar-refractivity contribution is 7.20. The molecule has 0 radical (unpaired) electrons. The van der Waals surface area contributed by atoms with Crippen molar-refractivity contribution in [1.29, 1.82) is 0 Å². The van der Waals surface area contributed by atoms with Crippen molar-refractivity contribution in [3.63, 3.8) is 0 Å². The molecule has 3 heterocycles. The van der Waals surface area contributed by atoms with Gasteiger partial charge in [-0.3, -0.25) is 9.36 Å². The molecule has 0 saturated heterocycles. The predicted octanol–water partition coefficient (Wildman–Crippen LogP) is 4.21. The van der Waals surface area contributed by atoms with Gasteiger partial charge in [0.25, 0.3) is 5.56 Å². The zero-order valence-electron chi connectivity index (χ0n) is 18.5. The normalized spacial score (nSPS) is 13.7. The third kappa shape index (κ3) is 4.24. The van der Waals surface area contributed by atoms with Crippen molar-refractivity contribution < 1.29 is 19.0 Å². The van der Waals surface area contributed by atoms with Gasteiger partial charge < -0.3 is 14.2 Å². The summed E-state index contributed by atoms with van der Waals surface area (Å²) in [6.07, 6.45) is 1.37. The molecular formula is C25H19ClN2O6S. The SMILES string of the molecule is Cn1c(=O)n(C(C2=COCO2)c2ccccc2Cl)c(=O)c2cc(C(=O)OCc3ccccc3)sc21. The monoisotopic (exact) mass is 510 g/mol. The van der Waals surface area contributed by atoms with E-state index in [1.165, 1.54) is 16.9 Å². The Morgan fingerprint density at radius 2 is 1.89 bits per heavy atom.